The number of halogens is 1. The van der Waals surface area contributed by atoms with Crippen molar-refractivity contribution >= 4 is 21.7 Å². The van der Waals surface area contributed by atoms with Crippen LogP contribution in [0.25, 0.3) is 0 Å². The van der Waals surface area contributed by atoms with Crippen LogP contribution in [0.15, 0.2) is 22.8 Å². The quantitative estimate of drug-likeness (QED) is 0.552. The second-order valence-corrected chi connectivity index (χ2v) is 5.21. The van der Waals surface area contributed by atoms with Crippen LogP contribution in [-0.4, -0.2) is 24.0 Å². The van der Waals surface area contributed by atoms with E-state index >= 15 is 0 Å². The van der Waals surface area contributed by atoms with Crippen LogP contribution in [0, 0.1) is 0 Å². The number of nitrogen functional groups attached to an aromatic ring is 1. The summed E-state index contributed by atoms with van der Waals surface area (Å²) in [7, 11) is 4.95. The molecule has 8 heteroatoms. The number of aryl methyl sites for hydroxylation is 1. The summed E-state index contributed by atoms with van der Waals surface area (Å²) in [6.07, 6.45) is 1.68. The van der Waals surface area contributed by atoms with Gasteiger partial charge in [-0.2, -0.15) is 5.10 Å². The van der Waals surface area contributed by atoms with Crippen LogP contribution in [0.5, 0.6) is 11.5 Å². The summed E-state index contributed by atoms with van der Waals surface area (Å²) in [5.74, 6) is 7.55. The fourth-order valence-corrected chi connectivity index (χ4v) is 2.86. The molecule has 0 fully saturated rings. The van der Waals surface area contributed by atoms with Gasteiger partial charge in [0.2, 0.25) is 0 Å². The fourth-order valence-electron chi connectivity index (χ4n) is 2.18. The number of nitrogens with two attached hydrogens (primary N) is 2. The highest BCUT2D eigenvalue weighted by atomic mass is 79.9. The van der Waals surface area contributed by atoms with Crippen LogP contribution in [0.3, 0.4) is 0 Å². The van der Waals surface area contributed by atoms with Crippen molar-refractivity contribution in [1.82, 2.24) is 15.2 Å². The minimum atomic E-state index is -0.351. The van der Waals surface area contributed by atoms with E-state index in [4.69, 9.17) is 21.1 Å². The Morgan fingerprint density at radius 1 is 1.29 bits per heavy atom. The molecule has 0 bridgehead atoms. The number of rotatable bonds is 5. The van der Waals surface area contributed by atoms with Gasteiger partial charge in [-0.05, 0) is 28.1 Å². The fraction of sp³-hybridized carbons (Fsp3) is 0.308. The molecule has 1 aromatic heterocycles. The summed E-state index contributed by atoms with van der Waals surface area (Å²) in [5.41, 5.74) is 10.4. The van der Waals surface area contributed by atoms with Gasteiger partial charge in [0.15, 0.2) is 0 Å². The number of benzene rings is 1. The van der Waals surface area contributed by atoms with Gasteiger partial charge in [-0.1, -0.05) is 0 Å². The van der Waals surface area contributed by atoms with E-state index in [0.29, 0.717) is 21.8 Å². The van der Waals surface area contributed by atoms with Crippen LogP contribution >= 0.6 is 15.9 Å². The molecule has 2 aromatic rings. The minimum Gasteiger partial charge on any atom is -0.495 e. The lowest BCUT2D eigenvalue weighted by atomic mass is 10.00. The average Bonchev–Trinajstić information content (AvgIpc) is 2.81. The lowest BCUT2D eigenvalue weighted by molar-refractivity contribution is 0.383. The second-order valence-electron chi connectivity index (χ2n) is 4.41. The van der Waals surface area contributed by atoms with Gasteiger partial charge in [0, 0.05) is 18.2 Å². The summed E-state index contributed by atoms with van der Waals surface area (Å²) in [6, 6.07) is 3.36. The zero-order valence-corrected chi connectivity index (χ0v) is 13.6. The zero-order chi connectivity index (χ0) is 15.6. The van der Waals surface area contributed by atoms with Crippen molar-refractivity contribution in [2.75, 3.05) is 20.0 Å². The standard InChI is InChI=1S/C13H18BrN5O2/c1-19-13(15)8(6-17-19)11(18-16)7-4-5-9(20-2)10(14)12(7)21-3/h4-6,11,18H,15-16H2,1-3H3. The predicted molar refractivity (Wildman–Crippen MR) is 84.0 cm³/mol. The van der Waals surface area contributed by atoms with Gasteiger partial charge < -0.3 is 15.2 Å². The highest BCUT2D eigenvalue weighted by Gasteiger charge is 2.24. The Kier molecular flexibility index (Phi) is 4.71. The first-order chi connectivity index (χ1) is 10.0. The van der Waals surface area contributed by atoms with Crippen LogP contribution in [0.1, 0.15) is 17.2 Å². The Bertz CT molecular complexity index is 644. The smallest absolute Gasteiger partial charge is 0.141 e. The topological polar surface area (TPSA) is 100 Å². The maximum Gasteiger partial charge on any atom is 0.141 e. The molecule has 0 spiro atoms. The van der Waals surface area contributed by atoms with E-state index in [1.165, 1.54) is 0 Å². The van der Waals surface area contributed by atoms with Gasteiger partial charge in [-0.15, -0.1) is 0 Å². The molecule has 21 heavy (non-hydrogen) atoms. The van der Waals surface area contributed by atoms with Gasteiger partial charge >= 0.3 is 0 Å². The van der Waals surface area contributed by atoms with Crippen LogP contribution < -0.4 is 26.5 Å². The highest BCUT2D eigenvalue weighted by Crippen LogP contribution is 2.41. The van der Waals surface area contributed by atoms with Crippen molar-refractivity contribution in [3.05, 3.63) is 33.9 Å². The molecule has 1 heterocycles. The van der Waals surface area contributed by atoms with E-state index in [1.807, 2.05) is 12.1 Å². The van der Waals surface area contributed by atoms with E-state index in [1.54, 1.807) is 32.1 Å². The van der Waals surface area contributed by atoms with Crippen molar-refractivity contribution in [3.8, 4) is 11.5 Å². The van der Waals surface area contributed by atoms with Gasteiger partial charge in [0.1, 0.15) is 21.8 Å². The summed E-state index contributed by atoms with van der Waals surface area (Å²) >= 11 is 3.48. The van der Waals surface area contributed by atoms with E-state index in [0.717, 1.165) is 11.1 Å². The molecule has 2 rings (SSSR count). The summed E-state index contributed by atoms with van der Waals surface area (Å²) < 4.78 is 13.1. The summed E-state index contributed by atoms with van der Waals surface area (Å²) in [6.45, 7) is 0. The predicted octanol–water partition coefficient (Wildman–Crippen LogP) is 1.33. The van der Waals surface area contributed by atoms with E-state index < -0.39 is 0 Å². The molecule has 0 aliphatic heterocycles. The molecule has 0 radical (unpaired) electrons. The monoisotopic (exact) mass is 355 g/mol. The largest absolute Gasteiger partial charge is 0.495 e. The number of hydrogen-bond donors (Lipinski definition) is 3. The Hall–Kier alpha value is -1.77. The van der Waals surface area contributed by atoms with Crippen molar-refractivity contribution in [2.24, 2.45) is 12.9 Å². The van der Waals surface area contributed by atoms with Gasteiger partial charge in [0.25, 0.3) is 0 Å². The molecular weight excluding hydrogens is 338 g/mol. The third-order valence-electron chi connectivity index (χ3n) is 3.32. The highest BCUT2D eigenvalue weighted by molar-refractivity contribution is 9.10. The molecule has 7 nitrogen and oxygen atoms in total. The van der Waals surface area contributed by atoms with Gasteiger partial charge in [0.05, 0.1) is 26.5 Å². The van der Waals surface area contributed by atoms with Crippen molar-refractivity contribution < 1.29 is 9.47 Å². The van der Waals surface area contributed by atoms with E-state index in [9.17, 15) is 0 Å². The lowest BCUT2D eigenvalue weighted by Crippen LogP contribution is -2.29. The number of hydrogen-bond acceptors (Lipinski definition) is 6. The number of methoxy groups -OCH3 is 2. The first-order valence-electron chi connectivity index (χ1n) is 6.19. The van der Waals surface area contributed by atoms with Gasteiger partial charge in [-0.3, -0.25) is 10.5 Å². The molecule has 114 valence electrons. The molecule has 0 saturated carbocycles. The molecule has 1 atom stereocenters. The number of anilines is 1. The third-order valence-corrected chi connectivity index (χ3v) is 4.07. The molecule has 5 N–H and O–H groups in total. The molecule has 0 aliphatic rings. The van der Waals surface area contributed by atoms with Crippen molar-refractivity contribution in [3.63, 3.8) is 0 Å². The number of nitrogens with one attached hydrogen (secondary N) is 1. The maximum atomic E-state index is 6.03. The van der Waals surface area contributed by atoms with Crippen LogP contribution in [0.2, 0.25) is 0 Å². The minimum absolute atomic E-state index is 0.351. The number of nitrogens with zero attached hydrogens (tertiary/aromatic N) is 2. The first kappa shape index (κ1) is 15.6. The van der Waals surface area contributed by atoms with E-state index in [-0.39, 0.29) is 6.04 Å². The maximum absolute atomic E-state index is 6.03. The normalized spacial score (nSPS) is 12.2. The Morgan fingerprint density at radius 2 is 2.00 bits per heavy atom. The van der Waals surface area contributed by atoms with Crippen molar-refractivity contribution in [2.45, 2.75) is 6.04 Å². The summed E-state index contributed by atoms with van der Waals surface area (Å²) in [5, 5.41) is 4.14. The summed E-state index contributed by atoms with van der Waals surface area (Å²) in [4.78, 5) is 0. The Labute approximate surface area is 131 Å². The first-order valence-corrected chi connectivity index (χ1v) is 6.98. The Morgan fingerprint density at radius 3 is 2.48 bits per heavy atom. The lowest BCUT2D eigenvalue weighted by Gasteiger charge is -2.20. The Balaban J connectivity index is 2.57. The van der Waals surface area contributed by atoms with E-state index in [2.05, 4.69) is 26.5 Å². The molecule has 1 unspecified atom stereocenters. The number of aromatic nitrogens is 2. The molecule has 1 aromatic carbocycles. The van der Waals surface area contributed by atoms with Crippen LogP contribution in [-0.2, 0) is 7.05 Å². The number of ether oxygens (including phenoxy) is 2. The van der Waals surface area contributed by atoms with Crippen molar-refractivity contribution in [1.29, 1.82) is 0 Å². The SMILES string of the molecule is COc1ccc(C(NN)c2cnn(C)c2N)c(OC)c1Br. The average molecular weight is 356 g/mol. The molecule has 0 amide bonds. The second kappa shape index (κ2) is 6.33. The zero-order valence-electron chi connectivity index (χ0n) is 12.1. The molecule has 0 saturated heterocycles. The molecule has 0 aliphatic carbocycles. The molecular formula is C13H18BrN5O2. The number of hydrazine groups is 1. The van der Waals surface area contributed by atoms with Gasteiger partial charge in [-0.25, -0.2) is 5.43 Å². The third kappa shape index (κ3) is 2.69. The van der Waals surface area contributed by atoms with Crippen LogP contribution in [0.4, 0.5) is 5.82 Å².